The molecule has 1 amide bonds. The molecule has 0 aromatic rings. The van der Waals surface area contributed by atoms with Crippen LogP contribution in [0.4, 0.5) is 0 Å². The van der Waals surface area contributed by atoms with Gasteiger partial charge in [-0.25, -0.2) is 4.79 Å². The minimum absolute atomic E-state index is 0.104. The third kappa shape index (κ3) is 4.00. The zero-order valence-corrected chi connectivity index (χ0v) is 10.7. The second-order valence-electron chi connectivity index (χ2n) is 5.69. The van der Waals surface area contributed by atoms with Crippen LogP contribution in [0.2, 0.25) is 0 Å². The average Bonchev–Trinajstić information content (AvgIpc) is 2.24. The average molecular weight is 242 g/mol. The van der Waals surface area contributed by atoms with Gasteiger partial charge < -0.3 is 15.7 Å². The van der Waals surface area contributed by atoms with Crippen molar-refractivity contribution in [1.82, 2.24) is 10.6 Å². The van der Waals surface area contributed by atoms with Gasteiger partial charge in [0.1, 0.15) is 6.04 Å². The van der Waals surface area contributed by atoms with Gasteiger partial charge in [-0.05, 0) is 24.8 Å². The number of piperidine rings is 1. The van der Waals surface area contributed by atoms with Crippen LogP contribution in [0.1, 0.15) is 33.6 Å². The largest absolute Gasteiger partial charge is 0.480 e. The lowest BCUT2D eigenvalue weighted by molar-refractivity contribution is -0.145. The highest BCUT2D eigenvalue weighted by Gasteiger charge is 2.34. The summed E-state index contributed by atoms with van der Waals surface area (Å²) >= 11 is 0. The Morgan fingerprint density at radius 3 is 2.47 bits per heavy atom. The SMILES string of the molecule is CC(C)(C)[C@H](NC(=O)[C@@H]1CCCNC1)C(=O)O. The molecule has 0 aromatic heterocycles. The number of nitrogens with one attached hydrogen (secondary N) is 2. The van der Waals surface area contributed by atoms with Crippen LogP contribution in [-0.2, 0) is 9.59 Å². The van der Waals surface area contributed by atoms with E-state index in [4.69, 9.17) is 5.11 Å². The molecule has 1 saturated heterocycles. The molecule has 0 bridgehead atoms. The molecular weight excluding hydrogens is 220 g/mol. The van der Waals surface area contributed by atoms with Gasteiger partial charge in [-0.3, -0.25) is 4.79 Å². The number of carbonyl (C=O) groups excluding carboxylic acids is 1. The molecule has 17 heavy (non-hydrogen) atoms. The predicted octanol–water partition coefficient (Wildman–Crippen LogP) is 0.602. The molecule has 1 fully saturated rings. The first-order valence-corrected chi connectivity index (χ1v) is 6.06. The van der Waals surface area contributed by atoms with Crippen LogP contribution in [0, 0.1) is 11.3 Å². The molecule has 0 aromatic carbocycles. The number of amides is 1. The Hall–Kier alpha value is -1.10. The molecule has 98 valence electrons. The zero-order chi connectivity index (χ0) is 13.1. The predicted molar refractivity (Wildman–Crippen MR) is 64.6 cm³/mol. The highest BCUT2D eigenvalue weighted by Crippen LogP contribution is 2.20. The van der Waals surface area contributed by atoms with Gasteiger partial charge >= 0.3 is 5.97 Å². The topological polar surface area (TPSA) is 78.4 Å². The number of aliphatic carboxylic acids is 1. The van der Waals surface area contributed by atoms with Crippen molar-refractivity contribution in [2.24, 2.45) is 11.3 Å². The minimum Gasteiger partial charge on any atom is -0.480 e. The summed E-state index contributed by atoms with van der Waals surface area (Å²) in [4.78, 5) is 23.1. The highest BCUT2D eigenvalue weighted by atomic mass is 16.4. The molecule has 0 spiro atoms. The van der Waals surface area contributed by atoms with E-state index >= 15 is 0 Å². The Morgan fingerprint density at radius 2 is 2.06 bits per heavy atom. The van der Waals surface area contributed by atoms with Gasteiger partial charge in [-0.1, -0.05) is 20.8 Å². The van der Waals surface area contributed by atoms with Gasteiger partial charge in [0.05, 0.1) is 5.92 Å². The second-order valence-corrected chi connectivity index (χ2v) is 5.69. The molecule has 5 heteroatoms. The van der Waals surface area contributed by atoms with Gasteiger partial charge in [0.2, 0.25) is 5.91 Å². The highest BCUT2D eigenvalue weighted by molar-refractivity contribution is 5.85. The van der Waals surface area contributed by atoms with Crippen LogP contribution in [-0.4, -0.2) is 36.1 Å². The van der Waals surface area contributed by atoms with Crippen molar-refractivity contribution in [3.8, 4) is 0 Å². The lowest BCUT2D eigenvalue weighted by Gasteiger charge is -2.30. The Bertz CT molecular complexity index is 291. The maximum atomic E-state index is 11.9. The first kappa shape index (κ1) is 14.0. The molecule has 0 radical (unpaired) electrons. The maximum Gasteiger partial charge on any atom is 0.326 e. The fourth-order valence-corrected chi connectivity index (χ4v) is 1.98. The van der Waals surface area contributed by atoms with Crippen molar-refractivity contribution in [3.05, 3.63) is 0 Å². The number of carbonyl (C=O) groups is 2. The van der Waals surface area contributed by atoms with Crippen LogP contribution in [0.15, 0.2) is 0 Å². The number of rotatable bonds is 3. The normalized spacial score (nSPS) is 22.9. The summed E-state index contributed by atoms with van der Waals surface area (Å²) in [5, 5.41) is 14.9. The first-order valence-electron chi connectivity index (χ1n) is 6.06. The van der Waals surface area contributed by atoms with Crippen LogP contribution in [0.3, 0.4) is 0 Å². The minimum atomic E-state index is -0.977. The van der Waals surface area contributed by atoms with Crippen LogP contribution < -0.4 is 10.6 Å². The quantitative estimate of drug-likeness (QED) is 0.677. The third-order valence-electron chi connectivity index (χ3n) is 3.07. The Balaban J connectivity index is 2.60. The fraction of sp³-hybridized carbons (Fsp3) is 0.833. The lowest BCUT2D eigenvalue weighted by atomic mass is 9.86. The molecule has 0 aliphatic carbocycles. The first-order chi connectivity index (χ1) is 7.82. The van der Waals surface area contributed by atoms with Gasteiger partial charge in [0, 0.05) is 6.54 Å². The summed E-state index contributed by atoms with van der Waals surface area (Å²) in [5.41, 5.74) is -0.483. The number of hydrogen-bond acceptors (Lipinski definition) is 3. The summed E-state index contributed by atoms with van der Waals surface area (Å²) in [5.74, 6) is -1.23. The summed E-state index contributed by atoms with van der Waals surface area (Å²) < 4.78 is 0. The van der Waals surface area contributed by atoms with Crippen molar-refractivity contribution in [2.45, 2.75) is 39.7 Å². The van der Waals surface area contributed by atoms with E-state index in [-0.39, 0.29) is 11.8 Å². The van der Waals surface area contributed by atoms with E-state index in [9.17, 15) is 9.59 Å². The molecular formula is C12H22N2O3. The molecule has 2 atom stereocenters. The number of hydrogen-bond donors (Lipinski definition) is 3. The molecule has 1 aliphatic heterocycles. The third-order valence-corrected chi connectivity index (χ3v) is 3.07. The molecule has 1 heterocycles. The number of carboxylic acids is 1. The van der Waals surface area contributed by atoms with E-state index in [0.29, 0.717) is 6.54 Å². The van der Waals surface area contributed by atoms with Gasteiger partial charge in [-0.15, -0.1) is 0 Å². The van der Waals surface area contributed by atoms with Crippen molar-refractivity contribution < 1.29 is 14.7 Å². The van der Waals surface area contributed by atoms with E-state index in [0.717, 1.165) is 19.4 Å². The second kappa shape index (κ2) is 5.49. The fourth-order valence-electron chi connectivity index (χ4n) is 1.98. The van der Waals surface area contributed by atoms with Gasteiger partial charge in [0.25, 0.3) is 0 Å². The van der Waals surface area contributed by atoms with Crippen LogP contribution in [0.5, 0.6) is 0 Å². The Kier molecular flexibility index (Phi) is 4.51. The van der Waals surface area contributed by atoms with E-state index in [2.05, 4.69) is 10.6 Å². The molecule has 3 N–H and O–H groups in total. The lowest BCUT2D eigenvalue weighted by Crippen LogP contribution is -2.52. The monoisotopic (exact) mass is 242 g/mol. The molecule has 5 nitrogen and oxygen atoms in total. The zero-order valence-electron chi connectivity index (χ0n) is 10.7. The summed E-state index contributed by atoms with van der Waals surface area (Å²) in [6.07, 6.45) is 1.79. The summed E-state index contributed by atoms with van der Waals surface area (Å²) in [6.45, 7) is 7.01. The van der Waals surface area contributed by atoms with E-state index in [1.54, 1.807) is 0 Å². The van der Waals surface area contributed by atoms with Crippen molar-refractivity contribution >= 4 is 11.9 Å². The smallest absolute Gasteiger partial charge is 0.326 e. The van der Waals surface area contributed by atoms with Crippen LogP contribution in [0.25, 0.3) is 0 Å². The van der Waals surface area contributed by atoms with Crippen LogP contribution >= 0.6 is 0 Å². The molecule has 1 rings (SSSR count). The van der Waals surface area contributed by atoms with Crippen molar-refractivity contribution in [3.63, 3.8) is 0 Å². The molecule has 0 unspecified atom stereocenters. The van der Waals surface area contributed by atoms with Gasteiger partial charge in [-0.2, -0.15) is 0 Å². The Labute approximate surface area is 102 Å². The van der Waals surface area contributed by atoms with E-state index in [1.807, 2.05) is 20.8 Å². The summed E-state index contributed by atoms with van der Waals surface area (Å²) in [7, 11) is 0. The van der Waals surface area contributed by atoms with Gasteiger partial charge in [0.15, 0.2) is 0 Å². The maximum absolute atomic E-state index is 11.9. The number of carboxylic acid groups (broad SMARTS) is 1. The standard InChI is InChI=1S/C12H22N2O3/c1-12(2,3)9(11(16)17)14-10(15)8-5-4-6-13-7-8/h8-9,13H,4-7H2,1-3H3,(H,14,15)(H,16,17)/t8-,9-/m1/s1. The van der Waals surface area contributed by atoms with E-state index < -0.39 is 17.4 Å². The molecule has 0 saturated carbocycles. The summed E-state index contributed by atoms with van der Waals surface area (Å²) in [6, 6.07) is -0.836. The molecule has 1 aliphatic rings. The van der Waals surface area contributed by atoms with E-state index in [1.165, 1.54) is 0 Å². The van der Waals surface area contributed by atoms with Crippen molar-refractivity contribution in [2.75, 3.05) is 13.1 Å². The Morgan fingerprint density at radius 1 is 1.41 bits per heavy atom. The van der Waals surface area contributed by atoms with Crippen molar-refractivity contribution in [1.29, 1.82) is 0 Å².